The van der Waals surface area contributed by atoms with Crippen LogP contribution in [0.15, 0.2) is 42.7 Å². The van der Waals surface area contributed by atoms with Crippen LogP contribution in [0.1, 0.15) is 18.4 Å². The summed E-state index contributed by atoms with van der Waals surface area (Å²) in [5, 5.41) is 13.7. The minimum Gasteiger partial charge on any atom is -0.396 e. The normalized spacial score (nSPS) is 20.1. The lowest BCUT2D eigenvalue weighted by molar-refractivity contribution is 0.116. The zero-order chi connectivity index (χ0) is 13.8. The monoisotopic (exact) mass is 271 g/mol. The Kier molecular flexibility index (Phi) is 4.14. The molecule has 3 rings (SSSR count). The largest absolute Gasteiger partial charge is 0.396 e. The smallest absolute Gasteiger partial charge is 0.0645 e. The molecule has 2 aromatic rings. The van der Waals surface area contributed by atoms with Crippen LogP contribution in [0.2, 0.25) is 0 Å². The molecule has 0 bridgehead atoms. The van der Waals surface area contributed by atoms with Gasteiger partial charge in [0.1, 0.15) is 0 Å². The number of benzene rings is 1. The van der Waals surface area contributed by atoms with Crippen molar-refractivity contribution in [3.05, 3.63) is 48.3 Å². The third kappa shape index (κ3) is 3.08. The highest BCUT2D eigenvalue weighted by atomic mass is 16.3. The van der Waals surface area contributed by atoms with Gasteiger partial charge >= 0.3 is 0 Å². The zero-order valence-electron chi connectivity index (χ0n) is 11.7. The van der Waals surface area contributed by atoms with Crippen molar-refractivity contribution in [1.82, 2.24) is 14.7 Å². The molecule has 1 aromatic heterocycles. The maximum absolute atomic E-state index is 9.28. The lowest BCUT2D eigenvalue weighted by Crippen LogP contribution is -2.36. The molecule has 0 amide bonds. The molecule has 1 N–H and O–H groups in total. The summed E-state index contributed by atoms with van der Waals surface area (Å²) in [6, 6.07) is 10.2. The molecule has 0 radical (unpaired) electrons. The van der Waals surface area contributed by atoms with E-state index in [1.54, 1.807) is 0 Å². The molecule has 1 aliphatic heterocycles. The van der Waals surface area contributed by atoms with Gasteiger partial charge in [-0.15, -0.1) is 0 Å². The van der Waals surface area contributed by atoms with Gasteiger partial charge in [-0.3, -0.25) is 4.90 Å². The van der Waals surface area contributed by atoms with E-state index in [-0.39, 0.29) is 0 Å². The van der Waals surface area contributed by atoms with E-state index < -0.39 is 0 Å². The second-order valence-corrected chi connectivity index (χ2v) is 5.55. The van der Waals surface area contributed by atoms with Gasteiger partial charge in [-0.2, -0.15) is 5.10 Å². The second kappa shape index (κ2) is 6.20. The molecule has 1 aromatic carbocycles. The highest BCUT2D eigenvalue weighted by molar-refractivity contribution is 5.30. The highest BCUT2D eigenvalue weighted by Gasteiger charge is 2.19. The van der Waals surface area contributed by atoms with E-state index in [4.69, 9.17) is 0 Å². The topological polar surface area (TPSA) is 41.3 Å². The number of aromatic nitrogens is 2. The first-order valence-corrected chi connectivity index (χ1v) is 7.27. The van der Waals surface area contributed by atoms with Crippen LogP contribution in [0.5, 0.6) is 0 Å². The van der Waals surface area contributed by atoms with Gasteiger partial charge in [-0.25, -0.2) is 4.68 Å². The predicted molar refractivity (Wildman–Crippen MR) is 78.7 cm³/mol. The maximum atomic E-state index is 9.28. The van der Waals surface area contributed by atoms with Crippen LogP contribution in [0.4, 0.5) is 0 Å². The van der Waals surface area contributed by atoms with Gasteiger partial charge in [0.2, 0.25) is 0 Å². The van der Waals surface area contributed by atoms with Gasteiger partial charge in [0, 0.05) is 31.5 Å². The van der Waals surface area contributed by atoms with Crippen molar-refractivity contribution >= 4 is 0 Å². The molecule has 2 heterocycles. The van der Waals surface area contributed by atoms with Crippen LogP contribution < -0.4 is 0 Å². The first kappa shape index (κ1) is 13.3. The Hall–Kier alpha value is -1.65. The first-order chi connectivity index (χ1) is 9.85. The van der Waals surface area contributed by atoms with Gasteiger partial charge in [0.05, 0.1) is 11.9 Å². The number of likely N-dealkylation sites (tertiary alicyclic amines) is 1. The fourth-order valence-electron chi connectivity index (χ4n) is 2.87. The SMILES string of the molecule is OCC1CCCN(Cc2cnn(-c3ccccc3)c2)C1. The van der Waals surface area contributed by atoms with E-state index in [1.165, 1.54) is 12.0 Å². The molecule has 1 atom stereocenters. The van der Waals surface area contributed by atoms with E-state index in [2.05, 4.69) is 28.3 Å². The Morgan fingerprint density at radius 2 is 2.10 bits per heavy atom. The van der Waals surface area contributed by atoms with Gasteiger partial charge in [0.25, 0.3) is 0 Å². The number of piperidine rings is 1. The van der Waals surface area contributed by atoms with E-state index in [1.807, 2.05) is 29.1 Å². The molecule has 4 nitrogen and oxygen atoms in total. The summed E-state index contributed by atoms with van der Waals surface area (Å²) in [4.78, 5) is 2.41. The summed E-state index contributed by atoms with van der Waals surface area (Å²) in [5.41, 5.74) is 2.32. The van der Waals surface area contributed by atoms with Crippen molar-refractivity contribution in [3.63, 3.8) is 0 Å². The van der Waals surface area contributed by atoms with Crippen molar-refractivity contribution in [2.24, 2.45) is 5.92 Å². The van der Waals surface area contributed by atoms with Crippen LogP contribution in [0, 0.1) is 5.92 Å². The number of hydrogen-bond donors (Lipinski definition) is 1. The standard InChI is InChI=1S/C16H21N3O/c20-13-14-5-4-8-18(10-14)11-15-9-17-19(12-15)16-6-2-1-3-7-16/h1-3,6-7,9,12,14,20H,4-5,8,10-11,13H2. The average Bonchev–Trinajstić information content (AvgIpc) is 2.97. The van der Waals surface area contributed by atoms with Crippen LogP contribution >= 0.6 is 0 Å². The van der Waals surface area contributed by atoms with Crippen LogP contribution in [-0.2, 0) is 6.54 Å². The summed E-state index contributed by atoms with van der Waals surface area (Å²) in [6.45, 7) is 3.34. The number of rotatable bonds is 4. The Balaban J connectivity index is 1.65. The molecule has 1 aliphatic rings. The van der Waals surface area contributed by atoms with Gasteiger partial charge in [-0.1, -0.05) is 18.2 Å². The number of nitrogens with zero attached hydrogens (tertiary/aromatic N) is 3. The third-order valence-electron chi connectivity index (χ3n) is 3.92. The Labute approximate surface area is 119 Å². The summed E-state index contributed by atoms with van der Waals surface area (Å²) < 4.78 is 1.92. The van der Waals surface area contributed by atoms with Crippen molar-refractivity contribution < 1.29 is 5.11 Å². The molecular formula is C16H21N3O. The zero-order valence-corrected chi connectivity index (χ0v) is 11.7. The highest BCUT2D eigenvalue weighted by Crippen LogP contribution is 2.18. The molecule has 4 heteroatoms. The summed E-state index contributed by atoms with van der Waals surface area (Å²) in [7, 11) is 0. The fourth-order valence-corrected chi connectivity index (χ4v) is 2.87. The number of aliphatic hydroxyl groups is 1. The summed E-state index contributed by atoms with van der Waals surface area (Å²) in [6.07, 6.45) is 6.36. The Bertz CT molecular complexity index is 538. The molecule has 20 heavy (non-hydrogen) atoms. The number of hydrogen-bond acceptors (Lipinski definition) is 3. The molecule has 1 unspecified atom stereocenters. The Morgan fingerprint density at radius 3 is 2.90 bits per heavy atom. The molecule has 0 saturated carbocycles. The van der Waals surface area contributed by atoms with E-state index in [0.717, 1.165) is 31.7 Å². The molecule has 1 fully saturated rings. The maximum Gasteiger partial charge on any atom is 0.0645 e. The molecular weight excluding hydrogens is 250 g/mol. The minimum absolute atomic E-state index is 0.305. The molecule has 106 valence electrons. The van der Waals surface area contributed by atoms with Crippen molar-refractivity contribution in [2.75, 3.05) is 19.7 Å². The van der Waals surface area contributed by atoms with Gasteiger partial charge < -0.3 is 5.11 Å². The Morgan fingerprint density at radius 1 is 1.25 bits per heavy atom. The van der Waals surface area contributed by atoms with Crippen LogP contribution in [0.3, 0.4) is 0 Å². The van der Waals surface area contributed by atoms with Crippen LogP contribution in [0.25, 0.3) is 5.69 Å². The van der Waals surface area contributed by atoms with Crippen molar-refractivity contribution in [2.45, 2.75) is 19.4 Å². The molecule has 1 saturated heterocycles. The summed E-state index contributed by atoms with van der Waals surface area (Å²) in [5.74, 6) is 0.438. The number of aliphatic hydroxyl groups excluding tert-OH is 1. The summed E-state index contributed by atoms with van der Waals surface area (Å²) >= 11 is 0. The molecule has 0 aliphatic carbocycles. The van der Waals surface area contributed by atoms with Crippen LogP contribution in [-0.4, -0.2) is 39.5 Å². The lowest BCUT2D eigenvalue weighted by Gasteiger charge is -2.31. The van der Waals surface area contributed by atoms with E-state index >= 15 is 0 Å². The predicted octanol–water partition coefficient (Wildman–Crippen LogP) is 2.08. The van der Waals surface area contributed by atoms with Gasteiger partial charge in [-0.05, 0) is 37.4 Å². The van der Waals surface area contributed by atoms with E-state index in [0.29, 0.717) is 12.5 Å². The fraction of sp³-hybridized carbons (Fsp3) is 0.438. The quantitative estimate of drug-likeness (QED) is 0.925. The van der Waals surface area contributed by atoms with Crippen molar-refractivity contribution in [1.29, 1.82) is 0 Å². The average molecular weight is 271 g/mol. The number of para-hydroxylation sites is 1. The lowest BCUT2D eigenvalue weighted by atomic mass is 9.99. The van der Waals surface area contributed by atoms with Gasteiger partial charge in [0.15, 0.2) is 0 Å². The van der Waals surface area contributed by atoms with Crippen molar-refractivity contribution in [3.8, 4) is 5.69 Å². The minimum atomic E-state index is 0.305. The third-order valence-corrected chi connectivity index (χ3v) is 3.92. The second-order valence-electron chi connectivity index (χ2n) is 5.55. The van der Waals surface area contributed by atoms with E-state index in [9.17, 15) is 5.11 Å². The molecule has 0 spiro atoms. The first-order valence-electron chi connectivity index (χ1n) is 7.27.